The molecule has 4 aromatic rings. The van der Waals surface area contributed by atoms with Gasteiger partial charge in [0.1, 0.15) is 43.5 Å². The molecule has 4 aromatic carbocycles. The van der Waals surface area contributed by atoms with Crippen LogP contribution in [0.5, 0.6) is 11.5 Å². The minimum atomic E-state index is -0.348. The predicted octanol–water partition coefficient (Wildman–Crippen LogP) is 27.9. The first-order valence-corrected chi connectivity index (χ1v) is 46.9. The first kappa shape index (κ1) is 105. The van der Waals surface area contributed by atoms with Crippen LogP contribution in [-0.4, -0.2) is 76.2 Å². The van der Waals surface area contributed by atoms with Gasteiger partial charge in [0.15, 0.2) is 0 Å². The van der Waals surface area contributed by atoms with Gasteiger partial charge >= 0.3 is 23.9 Å². The zero-order valence-electron chi connectivity index (χ0n) is 79.2. The Hall–Kier alpha value is -6.76. The van der Waals surface area contributed by atoms with Crippen molar-refractivity contribution < 1.29 is 57.1 Å². The molecule has 8 aliphatic carbocycles. The average Bonchev–Trinajstić information content (AvgIpc) is 1.76. The van der Waals surface area contributed by atoms with Gasteiger partial charge in [-0.25, -0.2) is 19.2 Å². The fourth-order valence-electron chi connectivity index (χ4n) is 20.0. The van der Waals surface area contributed by atoms with E-state index in [-0.39, 0.29) is 41.5 Å². The first-order chi connectivity index (χ1) is 56.9. The van der Waals surface area contributed by atoms with Crippen molar-refractivity contribution >= 4 is 23.9 Å². The lowest BCUT2D eigenvalue weighted by Gasteiger charge is -2.29. The molecule has 0 N–H and O–H groups in total. The zero-order valence-corrected chi connectivity index (χ0v) is 79.2. The molecule has 8 fully saturated rings. The molecule has 0 saturated heterocycles. The maximum Gasteiger partial charge on any atom is 0.333 e. The molecule has 0 spiro atoms. The van der Waals surface area contributed by atoms with Crippen LogP contribution in [-0.2, 0) is 66.2 Å². The van der Waals surface area contributed by atoms with Crippen molar-refractivity contribution in [2.45, 2.75) is 337 Å². The van der Waals surface area contributed by atoms with E-state index in [1.807, 2.05) is 50.2 Å². The molecule has 0 radical (unpaired) electrons. The summed E-state index contributed by atoms with van der Waals surface area (Å²) in [6, 6.07) is 29.7. The Kier molecular flexibility index (Phi) is 49.3. The van der Waals surface area contributed by atoms with Crippen LogP contribution in [0.15, 0.2) is 134 Å². The Morgan fingerprint density at radius 3 is 1.16 bits per heavy atom. The summed E-state index contributed by atoms with van der Waals surface area (Å²) in [5.41, 5.74) is 11.3. The normalized spacial score (nSPS) is 24.3. The lowest BCUT2D eigenvalue weighted by Crippen LogP contribution is -2.29. The van der Waals surface area contributed by atoms with Gasteiger partial charge in [-0.2, -0.15) is 0 Å². The van der Waals surface area contributed by atoms with Gasteiger partial charge in [0.05, 0.1) is 13.7 Å². The highest BCUT2D eigenvalue weighted by Gasteiger charge is 2.49. The lowest BCUT2D eigenvalue weighted by molar-refractivity contribution is -0.148. The van der Waals surface area contributed by atoms with Gasteiger partial charge < -0.3 is 37.9 Å². The third kappa shape index (κ3) is 35.2. The van der Waals surface area contributed by atoms with E-state index in [2.05, 4.69) is 183 Å². The van der Waals surface area contributed by atoms with Crippen molar-refractivity contribution in [3.05, 3.63) is 178 Å². The summed E-state index contributed by atoms with van der Waals surface area (Å²) in [6.07, 6.45) is 33.9. The number of hydrogen-bond donors (Lipinski definition) is 0. The first-order valence-electron chi connectivity index (χ1n) is 46.9. The van der Waals surface area contributed by atoms with E-state index in [1.165, 1.54) is 142 Å². The molecule has 12 rings (SSSR count). The Balaban J connectivity index is 0.000000303. The summed E-state index contributed by atoms with van der Waals surface area (Å²) in [5.74, 6) is 14.3. The van der Waals surface area contributed by atoms with Crippen molar-refractivity contribution in [1.29, 1.82) is 0 Å². The van der Waals surface area contributed by atoms with E-state index in [0.29, 0.717) is 60.6 Å². The van der Waals surface area contributed by atoms with Gasteiger partial charge in [0.2, 0.25) is 0 Å². The number of rotatable bonds is 33. The third-order valence-corrected chi connectivity index (χ3v) is 26.1. The molecule has 8 saturated carbocycles. The largest absolute Gasteiger partial charge is 0.488 e. The van der Waals surface area contributed by atoms with E-state index in [9.17, 15) is 19.2 Å². The highest BCUT2D eigenvalue weighted by atomic mass is 16.6. The number of esters is 4. The molecule has 16 atom stereocenters. The average molecular weight is 1650 g/mol. The van der Waals surface area contributed by atoms with Gasteiger partial charge in [-0.1, -0.05) is 265 Å². The van der Waals surface area contributed by atoms with Gasteiger partial charge in [-0.3, -0.25) is 0 Å². The molecule has 8 aliphatic rings. The second-order valence-corrected chi connectivity index (χ2v) is 36.7. The Morgan fingerprint density at radius 2 is 0.798 bits per heavy atom. The fourth-order valence-corrected chi connectivity index (χ4v) is 20.0. The zero-order chi connectivity index (χ0) is 88.3. The van der Waals surface area contributed by atoms with Crippen molar-refractivity contribution in [3.63, 3.8) is 0 Å². The number of aryl methyl sites for hydroxylation is 4. The number of benzene rings is 4. The number of unbranched alkanes of at least 4 members (excludes halogenated alkanes) is 2. The SMILES string of the molecule is C=C(C)C(=O)OC.C=C(C)C(=O)OC1CC2CC(CCC)C1C2.C=C(C)C(=O)OC1CC2CC1CC2CCC.C=C(C)C(=O)OCCOCCCC.CC.CCCC1CC2CC(C)C1C2.CCCC1CC2CC1CC2C.CCCCOCCC.Cc1cc(C(C)(C)c2cc(C)c(OCc3ccccc3)c(C)c2)cc(C)c1OCc1ccccc1. The number of methoxy groups -OCH3 is 1. The highest BCUT2D eigenvalue weighted by Crippen LogP contribution is 2.55. The summed E-state index contributed by atoms with van der Waals surface area (Å²) < 4.78 is 43.0. The number of carbonyl (C=O) groups is 4. The molecule has 0 aliphatic heterocycles. The van der Waals surface area contributed by atoms with Crippen LogP contribution in [0.4, 0.5) is 0 Å². The Bertz CT molecular complexity index is 3470. The van der Waals surface area contributed by atoms with Crippen molar-refractivity contribution in [2.75, 3.05) is 40.1 Å². The quantitative estimate of drug-likeness (QED) is 0.0194. The van der Waals surface area contributed by atoms with Crippen LogP contribution < -0.4 is 9.47 Å². The molecular weight excluding hydrogens is 1480 g/mol. The van der Waals surface area contributed by atoms with E-state index in [1.54, 1.807) is 66.2 Å². The Labute approximate surface area is 726 Å². The second-order valence-electron chi connectivity index (χ2n) is 36.7. The van der Waals surface area contributed by atoms with Crippen LogP contribution in [0.3, 0.4) is 0 Å². The molecular formula is C107H168O12. The summed E-state index contributed by atoms with van der Waals surface area (Å²) in [4.78, 5) is 44.0. The predicted molar refractivity (Wildman–Crippen MR) is 496 cm³/mol. The maximum atomic E-state index is 11.5. The second kappa shape index (κ2) is 56.1. The van der Waals surface area contributed by atoms with Gasteiger partial charge in [0, 0.05) is 47.5 Å². The minimum absolute atomic E-state index is 0.152. The molecule has 16 unspecified atom stereocenters. The van der Waals surface area contributed by atoms with Gasteiger partial charge in [-0.15, -0.1) is 0 Å². The lowest BCUT2D eigenvalue weighted by atomic mass is 9.76. The minimum Gasteiger partial charge on any atom is -0.488 e. The van der Waals surface area contributed by atoms with Gasteiger partial charge in [0.25, 0.3) is 0 Å². The topological polar surface area (TPSA) is 142 Å². The number of hydrogen-bond acceptors (Lipinski definition) is 12. The molecule has 12 nitrogen and oxygen atoms in total. The molecule has 8 bridgehead atoms. The highest BCUT2D eigenvalue weighted by molar-refractivity contribution is 5.88. The third-order valence-electron chi connectivity index (χ3n) is 26.1. The summed E-state index contributed by atoms with van der Waals surface area (Å²) >= 11 is 0. The van der Waals surface area contributed by atoms with Crippen LogP contribution >= 0.6 is 0 Å². The van der Waals surface area contributed by atoms with E-state index in [4.69, 9.17) is 33.2 Å². The van der Waals surface area contributed by atoms with E-state index in [0.717, 1.165) is 134 Å². The van der Waals surface area contributed by atoms with Crippen LogP contribution in [0.25, 0.3) is 0 Å². The molecule has 668 valence electrons. The molecule has 0 amide bonds. The maximum absolute atomic E-state index is 11.5. The smallest absolute Gasteiger partial charge is 0.333 e. The summed E-state index contributed by atoms with van der Waals surface area (Å²) in [5, 5.41) is 0. The van der Waals surface area contributed by atoms with Crippen molar-refractivity contribution in [2.24, 2.45) is 82.9 Å². The van der Waals surface area contributed by atoms with Gasteiger partial charge in [-0.05, 0) is 279 Å². The van der Waals surface area contributed by atoms with E-state index >= 15 is 0 Å². The molecule has 0 heterocycles. The molecule has 0 aromatic heterocycles. The number of fused-ring (bicyclic) bond motifs is 8. The summed E-state index contributed by atoms with van der Waals surface area (Å²) in [6.45, 7) is 63.0. The van der Waals surface area contributed by atoms with Crippen LogP contribution in [0, 0.1) is 111 Å². The monoisotopic (exact) mass is 1650 g/mol. The molecule has 119 heavy (non-hydrogen) atoms. The van der Waals surface area contributed by atoms with Crippen molar-refractivity contribution in [3.8, 4) is 11.5 Å². The standard InChI is InChI=1S/C33H36O2.2C14H22O2.2C11H20.C10H18O3.C7H16O.C5H8O2.C2H6/c1-23-17-29(18-24(2)31(23)34-21-27-13-9-7-10-14-27)33(5,6)30-19-25(3)32(26(4)20-30)35-22-28-15-11-8-12-16-28;1-4-5-11-6-10-7-12(11)13(8-10)16-14(15)9(2)3;1-4-5-10-6-12-7-11(10)8-13(12)16-14(15)9(2)3;1-3-4-10-6-9-5-8(2)11(10)7-9;1-3-4-9-6-10-7-11(9)5-8(10)2;1-4-5-6-12-7-8-13-10(11)9(2)3;1-3-5-7-8-6-4-2;1-4(2)5(6)7-3;1-2/h7-20H,21-22H2,1-6H3;2*10-13H,2,4-8H2,1,3H3;2*8-11H,3-7H2,1-2H3;2,4-8H2,1,3H3;3-7H2,1-2H3;1H2,2-3H3;1-2H3. The van der Waals surface area contributed by atoms with Crippen molar-refractivity contribution in [1.82, 2.24) is 0 Å². The fraction of sp³-hybridized carbons (Fsp3) is 0.664. The summed E-state index contributed by atoms with van der Waals surface area (Å²) in [7, 11) is 1.33. The van der Waals surface area contributed by atoms with E-state index < -0.39 is 0 Å². The molecule has 12 heteroatoms. The number of carbonyl (C=O) groups excluding carboxylic acids is 4. The number of ether oxygens (including phenoxy) is 8. The van der Waals surface area contributed by atoms with Crippen LogP contribution in [0.2, 0.25) is 0 Å². The van der Waals surface area contributed by atoms with Crippen LogP contribution in [0.1, 0.15) is 323 Å². The Morgan fingerprint density at radius 1 is 0.395 bits per heavy atom.